The molecule has 0 saturated carbocycles. The minimum Gasteiger partial charge on any atom is -0.393 e. The van der Waals surface area contributed by atoms with Gasteiger partial charge < -0.3 is 10.6 Å². The number of hydrogen-bond donors (Lipinski definition) is 1. The summed E-state index contributed by atoms with van der Waals surface area (Å²) < 4.78 is 0. The SMILES string of the molecule is Cc1ccc(C(=O)N(CCC(N)=S)C(C)C)cn1. The van der Waals surface area contributed by atoms with E-state index >= 15 is 0 Å². The van der Waals surface area contributed by atoms with Crippen LogP contribution in [0.5, 0.6) is 0 Å². The van der Waals surface area contributed by atoms with E-state index in [1.807, 2.05) is 26.8 Å². The fourth-order valence-electron chi connectivity index (χ4n) is 1.59. The molecule has 0 fully saturated rings. The topological polar surface area (TPSA) is 59.2 Å². The molecule has 5 heteroatoms. The van der Waals surface area contributed by atoms with E-state index in [2.05, 4.69) is 4.98 Å². The predicted molar refractivity (Wildman–Crippen MR) is 76.5 cm³/mol. The second-order valence-electron chi connectivity index (χ2n) is 4.50. The van der Waals surface area contributed by atoms with Crippen LogP contribution in [0.3, 0.4) is 0 Å². The molecule has 1 amide bonds. The minimum absolute atomic E-state index is 0.0336. The number of hydrogen-bond acceptors (Lipinski definition) is 3. The number of amides is 1. The Bertz CT molecular complexity index is 428. The van der Waals surface area contributed by atoms with E-state index in [-0.39, 0.29) is 11.9 Å². The summed E-state index contributed by atoms with van der Waals surface area (Å²) in [6.45, 7) is 6.37. The Labute approximate surface area is 113 Å². The maximum absolute atomic E-state index is 12.3. The van der Waals surface area contributed by atoms with E-state index in [1.54, 1.807) is 17.2 Å². The Hall–Kier alpha value is -1.49. The van der Waals surface area contributed by atoms with Crippen LogP contribution in [0.1, 0.15) is 36.3 Å². The summed E-state index contributed by atoms with van der Waals surface area (Å²) in [5.74, 6) is -0.0336. The molecule has 0 atom stereocenters. The van der Waals surface area contributed by atoms with Crippen molar-refractivity contribution in [1.82, 2.24) is 9.88 Å². The van der Waals surface area contributed by atoms with Crippen LogP contribution in [-0.2, 0) is 0 Å². The highest BCUT2D eigenvalue weighted by atomic mass is 32.1. The molecule has 4 nitrogen and oxygen atoms in total. The Balaban J connectivity index is 2.82. The van der Waals surface area contributed by atoms with Gasteiger partial charge in [0.25, 0.3) is 5.91 Å². The van der Waals surface area contributed by atoms with Crippen LogP contribution >= 0.6 is 12.2 Å². The molecule has 2 N–H and O–H groups in total. The van der Waals surface area contributed by atoms with Crippen molar-refractivity contribution < 1.29 is 4.79 Å². The van der Waals surface area contributed by atoms with Crippen molar-refractivity contribution in [3.63, 3.8) is 0 Å². The van der Waals surface area contributed by atoms with Gasteiger partial charge in [-0.1, -0.05) is 12.2 Å². The van der Waals surface area contributed by atoms with Crippen molar-refractivity contribution >= 4 is 23.1 Å². The number of nitrogens with zero attached hydrogens (tertiary/aromatic N) is 2. The standard InChI is InChI=1S/C13H19N3OS/c1-9(2)16(7-6-12(14)18)13(17)11-5-4-10(3)15-8-11/h4-5,8-9H,6-7H2,1-3H3,(H2,14,18). The van der Waals surface area contributed by atoms with Crippen LogP contribution in [0.2, 0.25) is 0 Å². The zero-order valence-corrected chi connectivity index (χ0v) is 11.8. The van der Waals surface area contributed by atoms with Crippen molar-refractivity contribution in [2.75, 3.05) is 6.54 Å². The lowest BCUT2D eigenvalue weighted by molar-refractivity contribution is 0.0711. The van der Waals surface area contributed by atoms with Crippen molar-refractivity contribution in [3.8, 4) is 0 Å². The minimum atomic E-state index is -0.0336. The number of aryl methyl sites for hydroxylation is 1. The lowest BCUT2D eigenvalue weighted by Gasteiger charge is -2.26. The highest BCUT2D eigenvalue weighted by Crippen LogP contribution is 2.09. The third-order valence-corrected chi connectivity index (χ3v) is 2.85. The second kappa shape index (κ2) is 6.44. The summed E-state index contributed by atoms with van der Waals surface area (Å²) in [6.07, 6.45) is 2.15. The van der Waals surface area contributed by atoms with Crippen LogP contribution in [0.15, 0.2) is 18.3 Å². The molecule has 0 aliphatic heterocycles. The average molecular weight is 265 g/mol. The quantitative estimate of drug-likeness (QED) is 0.826. The maximum atomic E-state index is 12.3. The lowest BCUT2D eigenvalue weighted by Crippen LogP contribution is -2.39. The Morgan fingerprint density at radius 3 is 2.61 bits per heavy atom. The van der Waals surface area contributed by atoms with E-state index in [0.717, 1.165) is 5.69 Å². The first-order valence-corrected chi connectivity index (χ1v) is 6.34. The van der Waals surface area contributed by atoms with Gasteiger partial charge in [0.1, 0.15) is 0 Å². The molecule has 18 heavy (non-hydrogen) atoms. The van der Waals surface area contributed by atoms with Gasteiger partial charge >= 0.3 is 0 Å². The summed E-state index contributed by atoms with van der Waals surface area (Å²) in [4.78, 5) is 18.6. The molecule has 98 valence electrons. The van der Waals surface area contributed by atoms with Crippen molar-refractivity contribution in [3.05, 3.63) is 29.6 Å². The number of carbonyl (C=O) groups excluding carboxylic acids is 1. The first kappa shape index (κ1) is 14.6. The summed E-state index contributed by atoms with van der Waals surface area (Å²) >= 11 is 4.85. The summed E-state index contributed by atoms with van der Waals surface area (Å²) in [5, 5.41) is 0. The molecule has 1 heterocycles. The molecule has 0 aromatic carbocycles. The molecule has 0 spiro atoms. The summed E-state index contributed by atoms with van der Waals surface area (Å²) in [6, 6.07) is 3.73. The van der Waals surface area contributed by atoms with E-state index in [4.69, 9.17) is 18.0 Å². The van der Waals surface area contributed by atoms with Gasteiger partial charge in [-0.15, -0.1) is 0 Å². The highest BCUT2D eigenvalue weighted by Gasteiger charge is 2.18. The normalized spacial score (nSPS) is 10.4. The van der Waals surface area contributed by atoms with Gasteiger partial charge in [-0.25, -0.2) is 0 Å². The fraction of sp³-hybridized carbons (Fsp3) is 0.462. The smallest absolute Gasteiger partial charge is 0.255 e. The Morgan fingerprint density at radius 2 is 2.17 bits per heavy atom. The van der Waals surface area contributed by atoms with Crippen molar-refractivity contribution in [2.24, 2.45) is 5.73 Å². The zero-order chi connectivity index (χ0) is 13.7. The largest absolute Gasteiger partial charge is 0.393 e. The average Bonchev–Trinajstić information content (AvgIpc) is 2.29. The van der Waals surface area contributed by atoms with Gasteiger partial charge in [0.15, 0.2) is 0 Å². The Kier molecular flexibility index (Phi) is 5.22. The molecule has 0 aliphatic rings. The number of carbonyl (C=O) groups is 1. The second-order valence-corrected chi connectivity index (χ2v) is 5.02. The number of aromatic nitrogens is 1. The molecule has 1 aromatic heterocycles. The van der Waals surface area contributed by atoms with Gasteiger partial charge in [0, 0.05) is 30.9 Å². The predicted octanol–water partition coefficient (Wildman–Crippen LogP) is 1.92. The van der Waals surface area contributed by atoms with Crippen LogP contribution in [0, 0.1) is 6.92 Å². The molecule has 0 bridgehead atoms. The van der Waals surface area contributed by atoms with Gasteiger partial charge in [0.05, 0.1) is 10.6 Å². The van der Waals surface area contributed by atoms with E-state index in [0.29, 0.717) is 23.5 Å². The first-order chi connectivity index (χ1) is 8.41. The summed E-state index contributed by atoms with van der Waals surface area (Å²) in [5.41, 5.74) is 6.97. The highest BCUT2D eigenvalue weighted by molar-refractivity contribution is 7.80. The van der Waals surface area contributed by atoms with E-state index in [1.165, 1.54) is 0 Å². The van der Waals surface area contributed by atoms with Gasteiger partial charge in [-0.2, -0.15) is 0 Å². The van der Waals surface area contributed by atoms with Crippen LogP contribution in [0.25, 0.3) is 0 Å². The third kappa shape index (κ3) is 4.07. The third-order valence-electron chi connectivity index (χ3n) is 2.64. The van der Waals surface area contributed by atoms with Crippen LogP contribution in [-0.4, -0.2) is 33.4 Å². The number of rotatable bonds is 5. The van der Waals surface area contributed by atoms with E-state index in [9.17, 15) is 4.79 Å². The molecule has 1 rings (SSSR count). The molecular formula is C13H19N3OS. The monoisotopic (exact) mass is 265 g/mol. The molecule has 0 aliphatic carbocycles. The molecular weight excluding hydrogens is 246 g/mol. The molecule has 0 radical (unpaired) electrons. The maximum Gasteiger partial charge on any atom is 0.255 e. The molecule has 0 unspecified atom stereocenters. The van der Waals surface area contributed by atoms with Crippen molar-refractivity contribution in [1.29, 1.82) is 0 Å². The van der Waals surface area contributed by atoms with Gasteiger partial charge in [-0.3, -0.25) is 9.78 Å². The first-order valence-electron chi connectivity index (χ1n) is 5.93. The van der Waals surface area contributed by atoms with Gasteiger partial charge in [0.2, 0.25) is 0 Å². The lowest BCUT2D eigenvalue weighted by atomic mass is 10.2. The molecule has 1 aromatic rings. The van der Waals surface area contributed by atoms with Crippen molar-refractivity contribution in [2.45, 2.75) is 33.2 Å². The zero-order valence-electron chi connectivity index (χ0n) is 11.0. The number of thiocarbonyl (C=S) groups is 1. The molecule has 0 saturated heterocycles. The number of nitrogens with two attached hydrogens (primary N) is 1. The van der Waals surface area contributed by atoms with E-state index < -0.39 is 0 Å². The number of pyridine rings is 1. The summed E-state index contributed by atoms with van der Waals surface area (Å²) in [7, 11) is 0. The van der Waals surface area contributed by atoms with Gasteiger partial charge in [-0.05, 0) is 32.9 Å². The van der Waals surface area contributed by atoms with Crippen LogP contribution < -0.4 is 5.73 Å². The fourth-order valence-corrected chi connectivity index (χ4v) is 1.68. The Morgan fingerprint density at radius 1 is 1.50 bits per heavy atom. The van der Waals surface area contributed by atoms with Crippen LogP contribution in [0.4, 0.5) is 0 Å².